The van der Waals surface area contributed by atoms with Gasteiger partial charge >= 0.3 is 0 Å². The third-order valence-electron chi connectivity index (χ3n) is 5.64. The van der Waals surface area contributed by atoms with E-state index in [0.29, 0.717) is 12.0 Å². The van der Waals surface area contributed by atoms with Crippen LogP contribution in [0.4, 0.5) is 0 Å². The second-order valence-electron chi connectivity index (χ2n) is 6.81. The minimum Gasteiger partial charge on any atom is -0.497 e. The Morgan fingerprint density at radius 2 is 2.04 bits per heavy atom. The monoisotopic (exact) mass is 304 g/mol. The molecule has 116 valence electrons. The average Bonchev–Trinajstić information content (AvgIpc) is 2.99. The predicted octanol–water partition coefficient (Wildman–Crippen LogP) is 3.68. The molecule has 2 heterocycles. The van der Waals surface area contributed by atoms with Gasteiger partial charge < -0.3 is 9.72 Å². The summed E-state index contributed by atoms with van der Waals surface area (Å²) in [6.07, 6.45) is 3.31. The molecule has 2 aromatic carbocycles. The molecular formula is C20H20N2O. The Hall–Kier alpha value is -2.26. The zero-order valence-electron chi connectivity index (χ0n) is 13.5. The summed E-state index contributed by atoms with van der Waals surface area (Å²) in [7, 11) is 3.99. The molecule has 5 rings (SSSR count). The summed E-state index contributed by atoms with van der Waals surface area (Å²) >= 11 is 0. The molecule has 3 aromatic rings. The van der Waals surface area contributed by atoms with Gasteiger partial charge in [0.05, 0.1) is 7.11 Å². The van der Waals surface area contributed by atoms with Gasteiger partial charge in [-0.3, -0.25) is 4.90 Å². The first-order valence-corrected chi connectivity index (χ1v) is 8.22. The van der Waals surface area contributed by atoms with E-state index in [1.54, 1.807) is 7.11 Å². The quantitative estimate of drug-likeness (QED) is 0.743. The number of fused-ring (bicyclic) bond motifs is 4. The largest absolute Gasteiger partial charge is 0.497 e. The maximum atomic E-state index is 5.43. The van der Waals surface area contributed by atoms with Crippen molar-refractivity contribution >= 4 is 10.9 Å². The van der Waals surface area contributed by atoms with Gasteiger partial charge in [0.25, 0.3) is 0 Å². The summed E-state index contributed by atoms with van der Waals surface area (Å²) < 4.78 is 5.43. The van der Waals surface area contributed by atoms with Crippen LogP contribution in [-0.2, 0) is 13.0 Å². The Bertz CT molecular complexity index is 911. The number of nitrogens with one attached hydrogen (secondary N) is 1. The van der Waals surface area contributed by atoms with Crippen LogP contribution in [0.25, 0.3) is 10.9 Å². The molecule has 1 aliphatic carbocycles. The highest BCUT2D eigenvalue weighted by Gasteiger charge is 2.38. The van der Waals surface area contributed by atoms with Crippen LogP contribution in [0.2, 0.25) is 0 Å². The summed E-state index contributed by atoms with van der Waals surface area (Å²) in [6, 6.07) is 13.8. The van der Waals surface area contributed by atoms with Crippen molar-refractivity contribution in [1.29, 1.82) is 0 Å². The smallest absolute Gasteiger partial charge is 0.119 e. The first-order valence-electron chi connectivity index (χ1n) is 8.22. The summed E-state index contributed by atoms with van der Waals surface area (Å²) in [5, 5.41) is 1.44. The van der Waals surface area contributed by atoms with E-state index in [2.05, 4.69) is 59.5 Å². The van der Waals surface area contributed by atoms with Crippen molar-refractivity contribution < 1.29 is 4.74 Å². The van der Waals surface area contributed by atoms with Crippen LogP contribution >= 0.6 is 0 Å². The van der Waals surface area contributed by atoms with Crippen molar-refractivity contribution in [2.24, 2.45) is 0 Å². The summed E-state index contributed by atoms with van der Waals surface area (Å²) in [6.45, 7) is 0.990. The molecule has 0 bridgehead atoms. The number of hydrogen-bond acceptors (Lipinski definition) is 2. The molecule has 3 heteroatoms. The third kappa shape index (κ3) is 1.74. The number of rotatable bonds is 1. The van der Waals surface area contributed by atoms with E-state index in [4.69, 9.17) is 4.74 Å². The van der Waals surface area contributed by atoms with Gasteiger partial charge in [0, 0.05) is 35.6 Å². The molecule has 0 saturated heterocycles. The zero-order chi connectivity index (χ0) is 15.6. The van der Waals surface area contributed by atoms with Crippen LogP contribution < -0.4 is 4.74 Å². The molecule has 2 aliphatic rings. The minimum absolute atomic E-state index is 0.446. The number of hydrogen-bond donors (Lipinski definition) is 1. The van der Waals surface area contributed by atoms with Gasteiger partial charge in [-0.25, -0.2) is 0 Å². The highest BCUT2D eigenvalue weighted by atomic mass is 16.5. The lowest BCUT2D eigenvalue weighted by Crippen LogP contribution is -2.44. The summed E-state index contributed by atoms with van der Waals surface area (Å²) in [5.41, 5.74) is 7.05. The van der Waals surface area contributed by atoms with Gasteiger partial charge in [-0.1, -0.05) is 18.2 Å². The van der Waals surface area contributed by atoms with E-state index >= 15 is 0 Å². The van der Waals surface area contributed by atoms with Gasteiger partial charge in [0.15, 0.2) is 0 Å². The fourth-order valence-electron chi connectivity index (χ4n) is 4.58. The molecule has 0 spiro atoms. The van der Waals surface area contributed by atoms with E-state index in [9.17, 15) is 0 Å². The maximum Gasteiger partial charge on any atom is 0.119 e. The van der Waals surface area contributed by atoms with Crippen LogP contribution in [0.3, 0.4) is 0 Å². The topological polar surface area (TPSA) is 28.3 Å². The lowest BCUT2D eigenvalue weighted by molar-refractivity contribution is 0.193. The van der Waals surface area contributed by atoms with E-state index in [1.807, 2.05) is 0 Å². The van der Waals surface area contributed by atoms with Crippen molar-refractivity contribution in [3.05, 3.63) is 64.8 Å². The van der Waals surface area contributed by atoms with Crippen LogP contribution in [0.5, 0.6) is 5.75 Å². The van der Waals surface area contributed by atoms with Crippen molar-refractivity contribution in [3.8, 4) is 5.75 Å². The molecule has 1 N–H and O–H groups in total. The van der Waals surface area contributed by atoms with Gasteiger partial charge in [0.2, 0.25) is 0 Å². The Labute approximate surface area is 135 Å². The molecule has 0 unspecified atom stereocenters. The number of benzene rings is 2. The van der Waals surface area contributed by atoms with Crippen molar-refractivity contribution in [2.75, 3.05) is 14.2 Å². The Kier molecular flexibility index (Phi) is 2.65. The lowest BCUT2D eigenvalue weighted by Gasteiger charge is -2.43. The Morgan fingerprint density at radius 1 is 1.13 bits per heavy atom. The minimum atomic E-state index is 0.446. The molecule has 1 aliphatic heterocycles. The number of nitrogens with zero attached hydrogens (tertiary/aromatic N) is 1. The van der Waals surface area contributed by atoms with E-state index in [-0.39, 0.29) is 0 Å². The van der Waals surface area contributed by atoms with Crippen LogP contribution in [0.1, 0.15) is 28.2 Å². The first-order chi connectivity index (χ1) is 11.3. The van der Waals surface area contributed by atoms with Crippen LogP contribution in [-0.4, -0.2) is 30.1 Å². The Balaban J connectivity index is 1.77. The third-order valence-corrected chi connectivity index (χ3v) is 5.64. The van der Waals surface area contributed by atoms with E-state index in [0.717, 1.165) is 18.7 Å². The molecule has 1 aromatic heterocycles. The predicted molar refractivity (Wildman–Crippen MR) is 92.1 cm³/mol. The number of likely N-dealkylation sites (N-methyl/N-ethyl adjacent to an activating group) is 1. The lowest BCUT2D eigenvalue weighted by atomic mass is 9.72. The Morgan fingerprint density at radius 3 is 2.91 bits per heavy atom. The van der Waals surface area contributed by atoms with Gasteiger partial charge in [-0.2, -0.15) is 0 Å². The molecule has 3 nitrogen and oxygen atoms in total. The fraction of sp³-hybridized carbons (Fsp3) is 0.300. The van der Waals surface area contributed by atoms with Gasteiger partial charge in [-0.15, -0.1) is 0 Å². The van der Waals surface area contributed by atoms with Crippen molar-refractivity contribution in [3.63, 3.8) is 0 Å². The highest BCUT2D eigenvalue weighted by molar-refractivity contribution is 5.89. The first kappa shape index (κ1) is 13.2. The second-order valence-corrected chi connectivity index (χ2v) is 6.81. The van der Waals surface area contributed by atoms with Crippen molar-refractivity contribution in [2.45, 2.75) is 24.9 Å². The standard InChI is InChI=1S/C20H20N2O/c1-22-11-13-8-14(23-2)6-7-15(13)20-16-4-3-5-17-19(16)12(10-21-17)9-18(20)22/h3-8,10,18,20-21H,9,11H2,1-2H3/t18-,20-/m1/s1. The highest BCUT2D eigenvalue weighted by Crippen LogP contribution is 2.46. The molecule has 2 atom stereocenters. The van der Waals surface area contributed by atoms with Crippen LogP contribution in [0.15, 0.2) is 42.6 Å². The van der Waals surface area contributed by atoms with E-state index < -0.39 is 0 Å². The van der Waals surface area contributed by atoms with E-state index in [1.165, 1.54) is 33.2 Å². The normalized spacial score (nSPS) is 22.7. The van der Waals surface area contributed by atoms with Gasteiger partial charge in [-0.05, 0) is 53.9 Å². The summed E-state index contributed by atoms with van der Waals surface area (Å²) in [5.74, 6) is 1.40. The number of aromatic nitrogens is 1. The second kappa shape index (κ2) is 4.62. The number of H-pyrrole nitrogens is 1. The molecule has 0 radical (unpaired) electrons. The molecule has 0 amide bonds. The average molecular weight is 304 g/mol. The van der Waals surface area contributed by atoms with Crippen LogP contribution in [0, 0.1) is 0 Å². The summed E-state index contributed by atoms with van der Waals surface area (Å²) in [4.78, 5) is 5.95. The SMILES string of the molecule is COc1ccc2c(c1)CN(C)[C@@H]1Cc3c[nH]c4cccc(c34)[C@@H]21. The molecule has 0 fully saturated rings. The fourth-order valence-corrected chi connectivity index (χ4v) is 4.58. The van der Waals surface area contributed by atoms with Crippen molar-refractivity contribution in [1.82, 2.24) is 9.88 Å². The zero-order valence-corrected chi connectivity index (χ0v) is 13.5. The molecule has 0 saturated carbocycles. The number of ether oxygens (including phenoxy) is 1. The number of methoxy groups -OCH3 is 1. The molecular weight excluding hydrogens is 284 g/mol. The number of aromatic amines is 1. The van der Waals surface area contributed by atoms with Gasteiger partial charge in [0.1, 0.15) is 5.75 Å². The maximum absolute atomic E-state index is 5.43. The molecule has 23 heavy (non-hydrogen) atoms.